The van der Waals surface area contributed by atoms with Gasteiger partial charge in [-0.15, -0.1) is 0 Å². The van der Waals surface area contributed by atoms with Crippen molar-refractivity contribution >= 4 is 23.7 Å². The maximum atomic E-state index is 12.7. The number of carbonyl (C=O) groups excluding carboxylic acids is 4. The summed E-state index contributed by atoms with van der Waals surface area (Å²) in [5.41, 5.74) is 5.49. The minimum atomic E-state index is -0.837. The van der Waals surface area contributed by atoms with Crippen LogP contribution in [-0.4, -0.2) is 55.0 Å². The van der Waals surface area contributed by atoms with Gasteiger partial charge in [-0.3, -0.25) is 14.4 Å². The lowest BCUT2D eigenvalue weighted by Gasteiger charge is -2.25. The van der Waals surface area contributed by atoms with Crippen molar-refractivity contribution < 1.29 is 23.9 Å². The lowest BCUT2D eigenvalue weighted by molar-refractivity contribution is -0.149. The number of unbranched alkanes of at least 4 members (excludes halogenated alkanes) is 1. The molecule has 0 aromatic rings. The van der Waals surface area contributed by atoms with E-state index in [9.17, 15) is 19.2 Å². The van der Waals surface area contributed by atoms with E-state index in [0.717, 1.165) is 0 Å². The molecular weight excluding hydrogens is 352 g/mol. The van der Waals surface area contributed by atoms with Crippen molar-refractivity contribution in [1.29, 1.82) is 0 Å². The number of hydrogen-bond acceptors (Lipinski definition) is 6. The first-order valence-corrected chi connectivity index (χ1v) is 9.38. The summed E-state index contributed by atoms with van der Waals surface area (Å²) in [6.45, 7) is 8.80. The van der Waals surface area contributed by atoms with E-state index in [1.165, 1.54) is 13.8 Å². The van der Waals surface area contributed by atoms with Gasteiger partial charge >= 0.3 is 5.97 Å². The van der Waals surface area contributed by atoms with Crippen LogP contribution in [0.15, 0.2) is 0 Å². The summed E-state index contributed by atoms with van der Waals surface area (Å²) in [6.07, 6.45) is 1.71. The molecule has 3 atom stereocenters. The Morgan fingerprint density at radius 3 is 2.07 bits per heavy atom. The summed E-state index contributed by atoms with van der Waals surface area (Å²) in [5.74, 6) is -1.98. The maximum Gasteiger partial charge on any atom is 0.328 e. The Morgan fingerprint density at radius 2 is 1.59 bits per heavy atom. The molecule has 0 unspecified atom stereocenters. The number of hydrogen-bond donors (Lipinski definition) is 4. The highest BCUT2D eigenvalue weighted by Gasteiger charge is 2.30. The summed E-state index contributed by atoms with van der Waals surface area (Å²) in [7, 11) is 0. The molecule has 0 aliphatic heterocycles. The lowest BCUT2D eigenvalue weighted by Crippen LogP contribution is -2.56. The molecule has 0 saturated heterocycles. The largest absolute Gasteiger partial charge is 0.464 e. The number of esters is 1. The molecule has 0 aromatic heterocycles. The van der Waals surface area contributed by atoms with Gasteiger partial charge in [0.05, 0.1) is 6.61 Å². The smallest absolute Gasteiger partial charge is 0.328 e. The van der Waals surface area contributed by atoms with Crippen LogP contribution >= 0.6 is 0 Å². The first kappa shape index (κ1) is 24.8. The summed E-state index contributed by atoms with van der Waals surface area (Å²) in [4.78, 5) is 48.1. The zero-order valence-electron chi connectivity index (χ0n) is 17.0. The maximum absolute atomic E-state index is 12.7. The van der Waals surface area contributed by atoms with Gasteiger partial charge in [0.25, 0.3) is 0 Å². The van der Waals surface area contributed by atoms with E-state index in [1.54, 1.807) is 20.8 Å². The zero-order chi connectivity index (χ0) is 21.0. The topological polar surface area (TPSA) is 140 Å². The minimum absolute atomic E-state index is 0.174. The number of rotatable bonds is 12. The van der Waals surface area contributed by atoms with Gasteiger partial charge in [0.1, 0.15) is 18.1 Å². The Balaban J connectivity index is 5.12. The Hall–Kier alpha value is -2.16. The van der Waals surface area contributed by atoms with Gasteiger partial charge in [0.2, 0.25) is 17.7 Å². The molecular formula is C18H34N4O5. The van der Waals surface area contributed by atoms with Crippen molar-refractivity contribution in [2.45, 2.75) is 72.0 Å². The lowest BCUT2D eigenvalue weighted by atomic mass is 10.0. The Bertz CT molecular complexity index is 510. The second-order valence-corrected chi connectivity index (χ2v) is 6.75. The molecule has 5 N–H and O–H groups in total. The molecule has 0 fully saturated rings. The van der Waals surface area contributed by atoms with Crippen LogP contribution in [0.25, 0.3) is 0 Å². The summed E-state index contributed by atoms with van der Waals surface area (Å²) in [6, 6.07) is -2.42. The van der Waals surface area contributed by atoms with Crippen LogP contribution < -0.4 is 21.7 Å². The third-order valence-corrected chi connectivity index (χ3v) is 3.90. The zero-order valence-corrected chi connectivity index (χ0v) is 17.0. The average Bonchev–Trinajstić information content (AvgIpc) is 2.57. The molecule has 27 heavy (non-hydrogen) atoms. The van der Waals surface area contributed by atoms with E-state index in [1.807, 2.05) is 0 Å². The molecule has 0 aliphatic rings. The predicted octanol–water partition coefficient (Wildman–Crippen LogP) is -0.171. The molecule has 156 valence electrons. The van der Waals surface area contributed by atoms with Crippen LogP contribution in [-0.2, 0) is 23.9 Å². The van der Waals surface area contributed by atoms with Gasteiger partial charge in [-0.1, -0.05) is 13.8 Å². The molecule has 0 rings (SSSR count). The quantitative estimate of drug-likeness (QED) is 0.271. The number of nitrogens with two attached hydrogens (primary N) is 1. The number of amides is 3. The normalized spacial score (nSPS) is 14.0. The third-order valence-electron chi connectivity index (χ3n) is 3.90. The second-order valence-electron chi connectivity index (χ2n) is 6.75. The first-order chi connectivity index (χ1) is 12.6. The Labute approximate surface area is 161 Å². The summed E-state index contributed by atoms with van der Waals surface area (Å²) < 4.78 is 5.00. The van der Waals surface area contributed by atoms with Crippen LogP contribution in [0.3, 0.4) is 0 Å². The van der Waals surface area contributed by atoms with E-state index in [0.29, 0.717) is 25.8 Å². The van der Waals surface area contributed by atoms with Crippen LogP contribution in [0.5, 0.6) is 0 Å². The van der Waals surface area contributed by atoms with Crippen LogP contribution in [0.2, 0.25) is 0 Å². The molecule has 9 heteroatoms. The molecule has 9 nitrogen and oxygen atoms in total. The van der Waals surface area contributed by atoms with Crippen molar-refractivity contribution in [2.24, 2.45) is 11.7 Å². The van der Waals surface area contributed by atoms with Gasteiger partial charge in [-0.2, -0.15) is 0 Å². The third kappa shape index (κ3) is 9.93. The Morgan fingerprint density at radius 1 is 0.963 bits per heavy atom. The SMILES string of the molecule is CCOC(=O)[C@@H](NC(=O)[C@H](CCCCN)NC(=O)[C@H](C)NC(C)=O)C(C)C. The molecule has 3 amide bonds. The van der Waals surface area contributed by atoms with Crippen molar-refractivity contribution in [3.8, 4) is 0 Å². The van der Waals surface area contributed by atoms with Crippen LogP contribution in [0.4, 0.5) is 0 Å². The fraction of sp³-hybridized carbons (Fsp3) is 0.778. The average molecular weight is 386 g/mol. The molecule has 0 heterocycles. The van der Waals surface area contributed by atoms with Crippen LogP contribution in [0, 0.1) is 5.92 Å². The number of ether oxygens (including phenoxy) is 1. The molecule has 0 aromatic carbocycles. The van der Waals surface area contributed by atoms with E-state index >= 15 is 0 Å². The van der Waals surface area contributed by atoms with E-state index < -0.39 is 35.9 Å². The number of nitrogens with one attached hydrogen (secondary N) is 3. The fourth-order valence-corrected chi connectivity index (χ4v) is 2.41. The highest BCUT2D eigenvalue weighted by atomic mass is 16.5. The van der Waals surface area contributed by atoms with Crippen molar-refractivity contribution in [3.63, 3.8) is 0 Å². The van der Waals surface area contributed by atoms with E-state index in [4.69, 9.17) is 10.5 Å². The summed E-state index contributed by atoms with van der Waals surface area (Å²) in [5, 5.41) is 7.77. The second kappa shape index (κ2) is 13.1. The minimum Gasteiger partial charge on any atom is -0.464 e. The van der Waals surface area contributed by atoms with Gasteiger partial charge in [-0.25, -0.2) is 4.79 Å². The highest BCUT2D eigenvalue weighted by Crippen LogP contribution is 2.07. The van der Waals surface area contributed by atoms with Crippen molar-refractivity contribution in [1.82, 2.24) is 16.0 Å². The van der Waals surface area contributed by atoms with Crippen LogP contribution in [0.1, 0.15) is 53.9 Å². The van der Waals surface area contributed by atoms with Gasteiger partial charge in [0.15, 0.2) is 0 Å². The fourth-order valence-electron chi connectivity index (χ4n) is 2.41. The first-order valence-electron chi connectivity index (χ1n) is 9.38. The Kier molecular flexibility index (Phi) is 12.0. The molecule has 0 aliphatic carbocycles. The number of carbonyl (C=O) groups is 4. The van der Waals surface area contributed by atoms with E-state index in [-0.39, 0.29) is 18.4 Å². The molecule has 0 radical (unpaired) electrons. The molecule has 0 spiro atoms. The predicted molar refractivity (Wildman–Crippen MR) is 102 cm³/mol. The van der Waals surface area contributed by atoms with Gasteiger partial charge in [-0.05, 0) is 45.6 Å². The van der Waals surface area contributed by atoms with Crippen molar-refractivity contribution in [2.75, 3.05) is 13.2 Å². The monoisotopic (exact) mass is 386 g/mol. The summed E-state index contributed by atoms with van der Waals surface area (Å²) >= 11 is 0. The molecule has 0 saturated carbocycles. The van der Waals surface area contributed by atoms with E-state index in [2.05, 4.69) is 16.0 Å². The van der Waals surface area contributed by atoms with Gasteiger partial charge < -0.3 is 26.4 Å². The molecule has 0 bridgehead atoms. The van der Waals surface area contributed by atoms with Crippen molar-refractivity contribution in [3.05, 3.63) is 0 Å². The van der Waals surface area contributed by atoms with Gasteiger partial charge in [0, 0.05) is 6.92 Å². The standard InChI is InChI=1S/C18H34N4O5/c1-6-27-18(26)15(11(2)3)22-17(25)14(9-7-8-10-19)21-16(24)12(4)20-13(5)23/h11-12,14-15H,6-10,19H2,1-5H3,(H,20,23)(H,21,24)(H,22,25)/t12-,14-,15-/m0/s1. The highest BCUT2D eigenvalue weighted by molar-refractivity contribution is 5.93.